The SMILES string of the molecule is CC(C)(C)C(O)O.CC(C)(C)C(O)O.CC(O)O.CC(O)O. The van der Waals surface area contributed by atoms with Crippen LogP contribution in [0.5, 0.6) is 0 Å². The van der Waals surface area contributed by atoms with Crippen LogP contribution in [0.1, 0.15) is 55.4 Å². The van der Waals surface area contributed by atoms with Crippen LogP contribution in [0.15, 0.2) is 0 Å². The second-order valence-electron chi connectivity index (χ2n) is 6.74. The van der Waals surface area contributed by atoms with Crippen LogP contribution in [0.2, 0.25) is 0 Å². The maximum Gasteiger partial charge on any atom is 0.156 e. The van der Waals surface area contributed by atoms with Gasteiger partial charge in [0.2, 0.25) is 0 Å². The van der Waals surface area contributed by atoms with Gasteiger partial charge in [0.15, 0.2) is 12.6 Å². The smallest absolute Gasteiger partial charge is 0.156 e. The molecule has 0 aromatic rings. The van der Waals surface area contributed by atoms with Crippen molar-refractivity contribution < 1.29 is 40.9 Å². The zero-order chi connectivity index (χ0) is 19.3. The Balaban J connectivity index is -0.000000102. The molecule has 0 saturated heterocycles. The monoisotopic (exact) mass is 332 g/mol. The summed E-state index contributed by atoms with van der Waals surface area (Å²) in [4.78, 5) is 0. The van der Waals surface area contributed by atoms with Gasteiger partial charge < -0.3 is 40.9 Å². The molecule has 0 rings (SSSR count). The Morgan fingerprint density at radius 3 is 0.500 bits per heavy atom. The van der Waals surface area contributed by atoms with E-state index < -0.39 is 25.2 Å². The van der Waals surface area contributed by atoms with E-state index in [-0.39, 0.29) is 10.8 Å². The minimum absolute atomic E-state index is 0.389. The van der Waals surface area contributed by atoms with E-state index in [1.54, 1.807) is 41.5 Å². The highest BCUT2D eigenvalue weighted by molar-refractivity contribution is 4.61. The van der Waals surface area contributed by atoms with Crippen LogP contribution in [-0.2, 0) is 0 Å². The molecule has 0 aromatic heterocycles. The highest BCUT2D eigenvalue weighted by Crippen LogP contribution is 2.16. The van der Waals surface area contributed by atoms with Crippen molar-refractivity contribution in [3.63, 3.8) is 0 Å². The molecular formula is C14H36O8. The van der Waals surface area contributed by atoms with Gasteiger partial charge in [0.25, 0.3) is 0 Å². The fraction of sp³-hybridized carbons (Fsp3) is 1.00. The van der Waals surface area contributed by atoms with Crippen LogP contribution in [0.25, 0.3) is 0 Å². The van der Waals surface area contributed by atoms with E-state index in [9.17, 15) is 0 Å². The number of rotatable bonds is 0. The van der Waals surface area contributed by atoms with Gasteiger partial charge >= 0.3 is 0 Å². The standard InChI is InChI=1S/2C5H12O2.2C2H6O2/c2*1-5(2,3)4(6)7;2*1-2(3)4/h2*4,6-7H,1-3H3;2*2-4H,1H3. The Kier molecular flexibility index (Phi) is 19.3. The predicted octanol–water partition coefficient (Wildman–Crippen LogP) is -0.680. The summed E-state index contributed by atoms with van der Waals surface area (Å²) in [6, 6.07) is 0. The molecule has 0 unspecified atom stereocenters. The van der Waals surface area contributed by atoms with Gasteiger partial charge in [0.1, 0.15) is 12.6 Å². The van der Waals surface area contributed by atoms with Crippen LogP contribution < -0.4 is 0 Å². The molecule has 0 aliphatic heterocycles. The van der Waals surface area contributed by atoms with Gasteiger partial charge in [-0.2, -0.15) is 0 Å². The molecule has 140 valence electrons. The minimum Gasteiger partial charge on any atom is -0.368 e. The Bertz CT molecular complexity index is 184. The Hall–Kier alpha value is -0.320. The third-order valence-corrected chi connectivity index (χ3v) is 1.55. The maximum atomic E-state index is 8.44. The first-order valence-electron chi connectivity index (χ1n) is 6.80. The third kappa shape index (κ3) is 50.3. The average Bonchev–Trinajstić information content (AvgIpc) is 2.12. The minimum atomic E-state index is -1.20. The topological polar surface area (TPSA) is 162 Å². The molecule has 0 heterocycles. The van der Waals surface area contributed by atoms with Crippen LogP contribution in [-0.4, -0.2) is 66.0 Å². The summed E-state index contributed by atoms with van der Waals surface area (Å²) in [6.45, 7) is 13.1. The van der Waals surface area contributed by atoms with Crippen molar-refractivity contribution in [3.05, 3.63) is 0 Å². The largest absolute Gasteiger partial charge is 0.368 e. The van der Waals surface area contributed by atoms with Crippen LogP contribution in [0.3, 0.4) is 0 Å². The van der Waals surface area contributed by atoms with Crippen molar-refractivity contribution in [2.75, 3.05) is 0 Å². The van der Waals surface area contributed by atoms with Crippen molar-refractivity contribution in [3.8, 4) is 0 Å². The fourth-order valence-corrected chi connectivity index (χ4v) is 0. The second-order valence-corrected chi connectivity index (χ2v) is 6.74. The van der Waals surface area contributed by atoms with Gasteiger partial charge in [0.05, 0.1) is 0 Å². The van der Waals surface area contributed by atoms with E-state index in [0.29, 0.717) is 0 Å². The van der Waals surface area contributed by atoms with E-state index in [2.05, 4.69) is 0 Å². The molecule has 8 heteroatoms. The van der Waals surface area contributed by atoms with Gasteiger partial charge in [-0.3, -0.25) is 0 Å². The maximum absolute atomic E-state index is 8.44. The average molecular weight is 332 g/mol. The summed E-state index contributed by atoms with van der Waals surface area (Å²) >= 11 is 0. The summed E-state index contributed by atoms with van der Waals surface area (Å²) in [5.41, 5.74) is -0.778. The lowest BCUT2D eigenvalue weighted by Gasteiger charge is -2.19. The van der Waals surface area contributed by atoms with E-state index in [1.807, 2.05) is 0 Å². The molecule has 8 N–H and O–H groups in total. The van der Waals surface area contributed by atoms with E-state index in [4.69, 9.17) is 40.9 Å². The predicted molar refractivity (Wildman–Crippen MR) is 83.2 cm³/mol. The van der Waals surface area contributed by atoms with Gasteiger partial charge in [-0.05, 0) is 13.8 Å². The number of aliphatic hydroxyl groups is 8. The Labute approximate surface area is 133 Å². The highest BCUT2D eigenvalue weighted by Gasteiger charge is 2.18. The lowest BCUT2D eigenvalue weighted by atomic mass is 9.96. The number of aliphatic hydroxyl groups excluding tert-OH is 4. The van der Waals surface area contributed by atoms with E-state index in [0.717, 1.165) is 0 Å². The third-order valence-electron chi connectivity index (χ3n) is 1.55. The van der Waals surface area contributed by atoms with E-state index in [1.165, 1.54) is 13.8 Å². The number of hydrogen-bond acceptors (Lipinski definition) is 8. The zero-order valence-corrected chi connectivity index (χ0v) is 14.9. The van der Waals surface area contributed by atoms with Crippen molar-refractivity contribution in [1.82, 2.24) is 0 Å². The molecule has 8 nitrogen and oxygen atoms in total. The first-order chi connectivity index (χ1) is 9.35. The lowest BCUT2D eigenvalue weighted by Crippen LogP contribution is -2.24. The molecule has 0 atom stereocenters. The Morgan fingerprint density at radius 2 is 0.500 bits per heavy atom. The van der Waals surface area contributed by atoms with Crippen LogP contribution >= 0.6 is 0 Å². The first-order valence-corrected chi connectivity index (χ1v) is 6.80. The molecule has 0 saturated carbocycles. The first kappa shape index (κ1) is 29.7. The normalized spacial score (nSPS) is 11.5. The fourth-order valence-electron chi connectivity index (χ4n) is 0. The van der Waals surface area contributed by atoms with Crippen molar-refractivity contribution >= 4 is 0 Å². The molecule has 0 amide bonds. The molecule has 0 aliphatic carbocycles. The van der Waals surface area contributed by atoms with Crippen molar-refractivity contribution in [2.45, 2.75) is 80.6 Å². The van der Waals surface area contributed by atoms with Gasteiger partial charge in [-0.25, -0.2) is 0 Å². The van der Waals surface area contributed by atoms with Crippen LogP contribution in [0, 0.1) is 10.8 Å². The molecule has 0 spiro atoms. The molecule has 0 bridgehead atoms. The molecule has 0 radical (unpaired) electrons. The Morgan fingerprint density at radius 1 is 0.455 bits per heavy atom. The highest BCUT2D eigenvalue weighted by atomic mass is 16.5. The molecule has 0 fully saturated rings. The summed E-state index contributed by atoms with van der Waals surface area (Å²) < 4.78 is 0. The molecular weight excluding hydrogens is 296 g/mol. The summed E-state index contributed by atoms with van der Waals surface area (Å²) in [7, 11) is 0. The summed E-state index contributed by atoms with van der Waals surface area (Å²) in [5, 5.41) is 64.2. The number of hydrogen-bond donors (Lipinski definition) is 8. The van der Waals surface area contributed by atoms with Crippen molar-refractivity contribution in [1.29, 1.82) is 0 Å². The van der Waals surface area contributed by atoms with Gasteiger partial charge in [0, 0.05) is 10.8 Å². The zero-order valence-electron chi connectivity index (χ0n) is 14.9. The van der Waals surface area contributed by atoms with E-state index >= 15 is 0 Å². The van der Waals surface area contributed by atoms with Gasteiger partial charge in [-0.1, -0.05) is 41.5 Å². The quantitative estimate of drug-likeness (QED) is 0.271. The lowest BCUT2D eigenvalue weighted by molar-refractivity contribution is -0.114. The van der Waals surface area contributed by atoms with Crippen LogP contribution in [0.4, 0.5) is 0 Å². The molecule has 22 heavy (non-hydrogen) atoms. The summed E-state index contributed by atoms with van der Waals surface area (Å²) in [6.07, 6.45) is -4.74. The second kappa shape index (κ2) is 14.3. The van der Waals surface area contributed by atoms with Crippen molar-refractivity contribution in [2.24, 2.45) is 10.8 Å². The van der Waals surface area contributed by atoms with Gasteiger partial charge in [-0.15, -0.1) is 0 Å². The molecule has 0 aliphatic rings. The molecule has 0 aromatic carbocycles. The summed E-state index contributed by atoms with van der Waals surface area (Å²) in [5.74, 6) is 0.